The highest BCUT2D eigenvalue weighted by molar-refractivity contribution is 7.21. The number of pyridine rings is 1. The number of fused-ring (bicyclic) bond motifs is 1. The van der Waals surface area contributed by atoms with Crippen LogP contribution in [0.2, 0.25) is 5.02 Å². The molecular formula is C14H10ClN3OS. The second-order valence-electron chi connectivity index (χ2n) is 4.27. The highest BCUT2D eigenvalue weighted by atomic mass is 35.5. The lowest BCUT2D eigenvalue weighted by Gasteiger charge is -2.01. The number of amides is 1. The summed E-state index contributed by atoms with van der Waals surface area (Å²) in [4.78, 5) is 16.9. The fraction of sp³-hybridized carbons (Fsp3) is 0. The van der Waals surface area contributed by atoms with E-state index in [1.165, 1.54) is 11.3 Å². The molecule has 20 heavy (non-hydrogen) atoms. The molecule has 0 aliphatic carbocycles. The molecule has 0 aliphatic heterocycles. The van der Waals surface area contributed by atoms with Crippen LogP contribution in [-0.2, 0) is 0 Å². The van der Waals surface area contributed by atoms with E-state index in [4.69, 9.17) is 23.1 Å². The second-order valence-corrected chi connectivity index (χ2v) is 5.70. The number of thiophene rings is 1. The van der Waals surface area contributed by atoms with Gasteiger partial charge in [0.2, 0.25) is 0 Å². The van der Waals surface area contributed by atoms with Crippen LogP contribution in [0.15, 0.2) is 36.4 Å². The number of primary amides is 1. The molecule has 0 unspecified atom stereocenters. The molecule has 1 aromatic carbocycles. The predicted octanol–water partition coefficient (Wildman–Crippen LogP) is 3.30. The Labute approximate surface area is 124 Å². The number of halogens is 1. The van der Waals surface area contributed by atoms with Crippen molar-refractivity contribution in [2.75, 3.05) is 5.73 Å². The van der Waals surface area contributed by atoms with E-state index in [1.807, 2.05) is 24.3 Å². The molecule has 4 nitrogen and oxygen atoms in total. The molecule has 2 aromatic heterocycles. The van der Waals surface area contributed by atoms with E-state index < -0.39 is 5.91 Å². The van der Waals surface area contributed by atoms with Crippen LogP contribution in [-0.4, -0.2) is 10.9 Å². The van der Waals surface area contributed by atoms with Gasteiger partial charge < -0.3 is 11.5 Å². The molecule has 3 rings (SSSR count). The highest BCUT2D eigenvalue weighted by Crippen LogP contribution is 2.33. The highest BCUT2D eigenvalue weighted by Gasteiger charge is 2.15. The van der Waals surface area contributed by atoms with E-state index in [1.54, 1.807) is 12.1 Å². The summed E-state index contributed by atoms with van der Waals surface area (Å²) >= 11 is 7.07. The van der Waals surface area contributed by atoms with Crippen molar-refractivity contribution in [1.29, 1.82) is 0 Å². The number of aromatic nitrogens is 1. The molecule has 3 aromatic rings. The molecule has 0 fully saturated rings. The Hall–Kier alpha value is -2.11. The minimum absolute atomic E-state index is 0.348. The number of carbonyl (C=O) groups is 1. The van der Waals surface area contributed by atoms with Crippen molar-refractivity contribution in [3.63, 3.8) is 0 Å². The lowest BCUT2D eigenvalue weighted by molar-refractivity contribution is 0.100. The van der Waals surface area contributed by atoms with Gasteiger partial charge in [0, 0.05) is 16.0 Å². The van der Waals surface area contributed by atoms with Crippen LogP contribution in [0.4, 0.5) is 5.69 Å². The summed E-state index contributed by atoms with van der Waals surface area (Å²) in [5.41, 5.74) is 13.3. The van der Waals surface area contributed by atoms with Crippen LogP contribution in [0.3, 0.4) is 0 Å². The van der Waals surface area contributed by atoms with Gasteiger partial charge in [0.15, 0.2) is 0 Å². The van der Waals surface area contributed by atoms with Gasteiger partial charge in [0.25, 0.3) is 5.91 Å². The number of hydrogen-bond acceptors (Lipinski definition) is 4. The quantitative estimate of drug-likeness (QED) is 0.762. The van der Waals surface area contributed by atoms with Crippen molar-refractivity contribution in [3.05, 3.63) is 46.3 Å². The summed E-state index contributed by atoms with van der Waals surface area (Å²) in [6, 6.07) is 11.1. The lowest BCUT2D eigenvalue weighted by atomic mass is 10.1. The summed E-state index contributed by atoms with van der Waals surface area (Å²) in [6.45, 7) is 0. The maximum absolute atomic E-state index is 11.3. The average Bonchev–Trinajstić information content (AvgIpc) is 2.77. The van der Waals surface area contributed by atoms with Crippen molar-refractivity contribution >= 4 is 44.7 Å². The Morgan fingerprint density at radius 1 is 1.15 bits per heavy atom. The van der Waals surface area contributed by atoms with E-state index >= 15 is 0 Å². The van der Waals surface area contributed by atoms with Gasteiger partial charge in [-0.05, 0) is 24.3 Å². The monoisotopic (exact) mass is 303 g/mol. The minimum atomic E-state index is -0.529. The molecular weight excluding hydrogens is 294 g/mol. The Morgan fingerprint density at radius 3 is 2.50 bits per heavy atom. The minimum Gasteiger partial charge on any atom is -0.397 e. The van der Waals surface area contributed by atoms with E-state index in [9.17, 15) is 4.79 Å². The molecule has 0 saturated heterocycles. The fourth-order valence-corrected chi connectivity index (χ4v) is 3.03. The first kappa shape index (κ1) is 12.9. The van der Waals surface area contributed by atoms with Crippen LogP contribution >= 0.6 is 22.9 Å². The molecule has 0 saturated carbocycles. The Morgan fingerprint density at radius 2 is 1.85 bits per heavy atom. The van der Waals surface area contributed by atoms with Crippen molar-refractivity contribution < 1.29 is 4.79 Å². The number of anilines is 1. The largest absolute Gasteiger partial charge is 0.397 e. The first-order valence-electron chi connectivity index (χ1n) is 5.81. The van der Waals surface area contributed by atoms with Crippen LogP contribution in [0, 0.1) is 0 Å². The number of nitrogen functional groups attached to an aromatic ring is 1. The summed E-state index contributed by atoms with van der Waals surface area (Å²) < 4.78 is 0. The van der Waals surface area contributed by atoms with Crippen molar-refractivity contribution in [2.45, 2.75) is 0 Å². The van der Waals surface area contributed by atoms with Gasteiger partial charge in [-0.2, -0.15) is 0 Å². The average molecular weight is 304 g/mol. The Kier molecular flexibility index (Phi) is 3.08. The van der Waals surface area contributed by atoms with Crippen LogP contribution in [0.25, 0.3) is 21.5 Å². The third-order valence-electron chi connectivity index (χ3n) is 2.96. The van der Waals surface area contributed by atoms with E-state index in [0.29, 0.717) is 20.4 Å². The molecule has 0 spiro atoms. The molecule has 2 heterocycles. The third kappa shape index (κ3) is 2.11. The zero-order valence-electron chi connectivity index (χ0n) is 10.3. The molecule has 0 radical (unpaired) electrons. The van der Waals surface area contributed by atoms with Gasteiger partial charge >= 0.3 is 0 Å². The third-order valence-corrected chi connectivity index (χ3v) is 4.34. The molecule has 0 aliphatic rings. The molecule has 0 bridgehead atoms. The first-order valence-corrected chi connectivity index (χ1v) is 7.00. The lowest BCUT2D eigenvalue weighted by Crippen LogP contribution is -2.10. The van der Waals surface area contributed by atoms with Gasteiger partial charge in [0.1, 0.15) is 9.71 Å². The standard InChI is InChI=1S/C14H10ClN3OS/c15-8-3-1-7(2-4-8)10-6-5-9-11(16)12(13(17)19)20-14(9)18-10/h1-6H,16H2,(H2,17,19). The van der Waals surface area contributed by atoms with Gasteiger partial charge in [-0.3, -0.25) is 4.79 Å². The Bertz CT molecular complexity index is 811. The topological polar surface area (TPSA) is 82.0 Å². The van der Waals surface area contributed by atoms with Gasteiger partial charge in [0.05, 0.1) is 11.4 Å². The predicted molar refractivity (Wildman–Crippen MR) is 83.0 cm³/mol. The van der Waals surface area contributed by atoms with Crippen LogP contribution < -0.4 is 11.5 Å². The molecule has 4 N–H and O–H groups in total. The molecule has 6 heteroatoms. The zero-order chi connectivity index (χ0) is 14.3. The summed E-state index contributed by atoms with van der Waals surface area (Å²) in [5, 5.41) is 1.42. The summed E-state index contributed by atoms with van der Waals surface area (Å²) in [5.74, 6) is -0.529. The van der Waals surface area contributed by atoms with E-state index in [2.05, 4.69) is 4.98 Å². The van der Waals surface area contributed by atoms with Gasteiger partial charge in [-0.15, -0.1) is 11.3 Å². The second kappa shape index (κ2) is 4.77. The fourth-order valence-electron chi connectivity index (χ4n) is 1.96. The molecule has 1 amide bonds. The number of benzene rings is 1. The summed E-state index contributed by atoms with van der Waals surface area (Å²) in [6.07, 6.45) is 0. The van der Waals surface area contributed by atoms with Crippen molar-refractivity contribution in [1.82, 2.24) is 4.98 Å². The molecule has 0 atom stereocenters. The maximum Gasteiger partial charge on any atom is 0.260 e. The number of hydrogen-bond donors (Lipinski definition) is 2. The smallest absolute Gasteiger partial charge is 0.260 e. The first-order chi connectivity index (χ1) is 9.56. The number of nitrogens with zero attached hydrogens (tertiary/aromatic N) is 1. The number of carbonyl (C=O) groups excluding carboxylic acids is 1. The van der Waals surface area contributed by atoms with Crippen molar-refractivity contribution in [3.8, 4) is 11.3 Å². The normalized spacial score (nSPS) is 10.8. The van der Waals surface area contributed by atoms with Gasteiger partial charge in [-0.1, -0.05) is 23.7 Å². The summed E-state index contributed by atoms with van der Waals surface area (Å²) in [7, 11) is 0. The SMILES string of the molecule is NC(=O)c1sc2nc(-c3ccc(Cl)cc3)ccc2c1N. The van der Waals surface area contributed by atoms with Crippen LogP contribution in [0.5, 0.6) is 0 Å². The number of rotatable bonds is 2. The van der Waals surface area contributed by atoms with E-state index in [-0.39, 0.29) is 0 Å². The Balaban J connectivity index is 2.15. The molecule has 100 valence electrons. The van der Waals surface area contributed by atoms with E-state index in [0.717, 1.165) is 16.6 Å². The van der Waals surface area contributed by atoms with Crippen LogP contribution in [0.1, 0.15) is 9.67 Å². The van der Waals surface area contributed by atoms with Crippen molar-refractivity contribution in [2.24, 2.45) is 5.73 Å². The number of nitrogens with two attached hydrogens (primary N) is 2. The van der Waals surface area contributed by atoms with Gasteiger partial charge in [-0.25, -0.2) is 4.98 Å². The maximum atomic E-state index is 11.3. The zero-order valence-corrected chi connectivity index (χ0v) is 11.8.